The second kappa shape index (κ2) is 6.06. The van der Waals surface area contributed by atoms with Gasteiger partial charge in [0.15, 0.2) is 0 Å². The van der Waals surface area contributed by atoms with Gasteiger partial charge >= 0.3 is 0 Å². The van der Waals surface area contributed by atoms with E-state index in [-0.39, 0.29) is 0 Å². The third kappa shape index (κ3) is 3.28. The minimum Gasteiger partial charge on any atom is -0.497 e. The molecule has 0 bridgehead atoms. The summed E-state index contributed by atoms with van der Waals surface area (Å²) in [6, 6.07) is 13.7. The lowest BCUT2D eigenvalue weighted by molar-refractivity contribution is 0.415. The SMILES string of the molecule is COc1ccc2nc(NCCc3ccc(Cl)cc3)[nH]c2c1. The molecule has 3 aromatic rings. The van der Waals surface area contributed by atoms with Crippen LogP contribution in [-0.4, -0.2) is 23.6 Å². The zero-order valence-electron chi connectivity index (χ0n) is 11.7. The lowest BCUT2D eigenvalue weighted by Gasteiger charge is -2.03. The van der Waals surface area contributed by atoms with Crippen molar-refractivity contribution < 1.29 is 4.74 Å². The molecule has 0 spiro atoms. The van der Waals surface area contributed by atoms with Gasteiger partial charge in [-0.25, -0.2) is 4.98 Å². The summed E-state index contributed by atoms with van der Waals surface area (Å²) in [7, 11) is 1.66. The molecule has 2 N–H and O–H groups in total. The Morgan fingerprint density at radius 3 is 2.76 bits per heavy atom. The molecule has 21 heavy (non-hydrogen) atoms. The van der Waals surface area contributed by atoms with Crippen LogP contribution in [0.5, 0.6) is 5.75 Å². The van der Waals surface area contributed by atoms with Gasteiger partial charge in [-0.15, -0.1) is 0 Å². The van der Waals surface area contributed by atoms with Crippen LogP contribution in [0.15, 0.2) is 42.5 Å². The Labute approximate surface area is 128 Å². The van der Waals surface area contributed by atoms with Crippen molar-refractivity contribution in [1.29, 1.82) is 0 Å². The number of nitrogens with one attached hydrogen (secondary N) is 2. The molecule has 108 valence electrons. The molecule has 0 fully saturated rings. The number of hydrogen-bond acceptors (Lipinski definition) is 3. The van der Waals surface area contributed by atoms with Crippen LogP contribution in [0.4, 0.5) is 5.95 Å². The molecule has 0 radical (unpaired) electrons. The Morgan fingerprint density at radius 1 is 1.19 bits per heavy atom. The standard InChI is InChI=1S/C16H16ClN3O/c1-21-13-6-7-14-15(10-13)20-16(19-14)18-9-8-11-2-4-12(17)5-3-11/h2-7,10H,8-9H2,1H3,(H2,18,19,20). The highest BCUT2D eigenvalue weighted by molar-refractivity contribution is 6.30. The van der Waals surface area contributed by atoms with E-state index in [0.717, 1.165) is 40.7 Å². The Kier molecular flexibility index (Phi) is 3.97. The van der Waals surface area contributed by atoms with Gasteiger partial charge in [0.05, 0.1) is 18.1 Å². The van der Waals surface area contributed by atoms with Gasteiger partial charge in [0.2, 0.25) is 5.95 Å². The Morgan fingerprint density at radius 2 is 2.00 bits per heavy atom. The molecule has 4 nitrogen and oxygen atoms in total. The van der Waals surface area contributed by atoms with E-state index in [2.05, 4.69) is 15.3 Å². The van der Waals surface area contributed by atoms with Crippen molar-refractivity contribution in [2.45, 2.75) is 6.42 Å². The van der Waals surface area contributed by atoms with Gasteiger partial charge < -0.3 is 15.0 Å². The van der Waals surface area contributed by atoms with Crippen LogP contribution in [-0.2, 0) is 6.42 Å². The molecule has 1 aromatic heterocycles. The number of halogens is 1. The first kappa shape index (κ1) is 13.8. The van der Waals surface area contributed by atoms with Crippen LogP contribution >= 0.6 is 11.6 Å². The fourth-order valence-electron chi connectivity index (χ4n) is 2.18. The van der Waals surface area contributed by atoms with E-state index in [1.54, 1.807) is 7.11 Å². The van der Waals surface area contributed by atoms with Gasteiger partial charge in [0.1, 0.15) is 5.75 Å². The second-order valence-corrected chi connectivity index (χ2v) is 5.21. The van der Waals surface area contributed by atoms with Crippen LogP contribution in [0.3, 0.4) is 0 Å². The molecule has 0 amide bonds. The van der Waals surface area contributed by atoms with E-state index < -0.39 is 0 Å². The maximum Gasteiger partial charge on any atom is 0.201 e. The predicted octanol–water partition coefficient (Wildman–Crippen LogP) is 3.88. The summed E-state index contributed by atoms with van der Waals surface area (Å²) in [6.07, 6.45) is 0.914. The molecular formula is C16H16ClN3O. The number of rotatable bonds is 5. The Bertz CT molecular complexity index is 737. The molecule has 3 rings (SSSR count). The third-order valence-electron chi connectivity index (χ3n) is 3.31. The summed E-state index contributed by atoms with van der Waals surface area (Å²) in [5.41, 5.74) is 3.12. The normalized spacial score (nSPS) is 10.8. The maximum absolute atomic E-state index is 5.87. The van der Waals surface area contributed by atoms with Gasteiger partial charge in [0, 0.05) is 17.6 Å². The van der Waals surface area contributed by atoms with Crippen LogP contribution < -0.4 is 10.1 Å². The number of nitrogens with zero attached hydrogens (tertiary/aromatic N) is 1. The fourth-order valence-corrected chi connectivity index (χ4v) is 2.30. The van der Waals surface area contributed by atoms with Crippen molar-refractivity contribution in [1.82, 2.24) is 9.97 Å². The molecule has 5 heteroatoms. The fraction of sp³-hybridized carbons (Fsp3) is 0.188. The van der Waals surface area contributed by atoms with Crippen LogP contribution in [0, 0.1) is 0 Å². The van der Waals surface area contributed by atoms with E-state index in [1.165, 1.54) is 5.56 Å². The lowest BCUT2D eigenvalue weighted by atomic mass is 10.1. The summed E-state index contributed by atoms with van der Waals surface area (Å²) >= 11 is 5.87. The van der Waals surface area contributed by atoms with Gasteiger partial charge in [-0.1, -0.05) is 23.7 Å². The zero-order valence-corrected chi connectivity index (χ0v) is 12.4. The number of aromatic amines is 1. The monoisotopic (exact) mass is 301 g/mol. The van der Waals surface area contributed by atoms with Crippen molar-refractivity contribution >= 4 is 28.6 Å². The summed E-state index contributed by atoms with van der Waals surface area (Å²) in [5, 5.41) is 4.06. The Hall–Kier alpha value is -2.20. The molecule has 0 aliphatic rings. The average molecular weight is 302 g/mol. The molecule has 0 saturated carbocycles. The highest BCUT2D eigenvalue weighted by atomic mass is 35.5. The number of anilines is 1. The Balaban J connectivity index is 1.63. The molecule has 0 atom stereocenters. The van der Waals surface area contributed by atoms with Crippen LogP contribution in [0.2, 0.25) is 5.02 Å². The first-order chi connectivity index (χ1) is 10.2. The molecule has 0 aliphatic carbocycles. The quantitative estimate of drug-likeness (QED) is 0.752. The molecule has 0 unspecified atom stereocenters. The number of benzene rings is 2. The molecule has 0 saturated heterocycles. The van der Waals surface area contributed by atoms with Crippen LogP contribution in [0.25, 0.3) is 11.0 Å². The third-order valence-corrected chi connectivity index (χ3v) is 3.56. The lowest BCUT2D eigenvalue weighted by Crippen LogP contribution is -2.05. The highest BCUT2D eigenvalue weighted by Crippen LogP contribution is 2.20. The molecule has 2 aromatic carbocycles. The zero-order chi connectivity index (χ0) is 14.7. The average Bonchev–Trinajstić information content (AvgIpc) is 2.91. The second-order valence-electron chi connectivity index (χ2n) is 4.77. The highest BCUT2D eigenvalue weighted by Gasteiger charge is 2.03. The number of fused-ring (bicyclic) bond motifs is 1. The molecular weight excluding hydrogens is 286 g/mol. The number of imidazole rings is 1. The first-order valence-electron chi connectivity index (χ1n) is 6.77. The predicted molar refractivity (Wildman–Crippen MR) is 86.3 cm³/mol. The van der Waals surface area contributed by atoms with E-state index in [9.17, 15) is 0 Å². The maximum atomic E-state index is 5.87. The largest absolute Gasteiger partial charge is 0.497 e. The molecule has 0 aliphatic heterocycles. The molecule has 1 heterocycles. The number of aromatic nitrogens is 2. The topological polar surface area (TPSA) is 49.9 Å². The van der Waals surface area contributed by atoms with Gasteiger partial charge in [0.25, 0.3) is 0 Å². The number of ether oxygens (including phenoxy) is 1. The first-order valence-corrected chi connectivity index (χ1v) is 7.14. The van der Waals surface area contributed by atoms with E-state index in [0.29, 0.717) is 0 Å². The van der Waals surface area contributed by atoms with Crippen molar-refractivity contribution in [3.63, 3.8) is 0 Å². The number of H-pyrrole nitrogens is 1. The number of methoxy groups -OCH3 is 1. The van der Waals surface area contributed by atoms with Crippen LogP contribution in [0.1, 0.15) is 5.56 Å². The van der Waals surface area contributed by atoms with E-state index in [4.69, 9.17) is 16.3 Å². The summed E-state index contributed by atoms with van der Waals surface area (Å²) in [6.45, 7) is 0.804. The minimum atomic E-state index is 0.762. The van der Waals surface area contributed by atoms with Crippen molar-refractivity contribution in [2.75, 3.05) is 19.0 Å². The van der Waals surface area contributed by atoms with Gasteiger partial charge in [-0.05, 0) is 36.2 Å². The van der Waals surface area contributed by atoms with Gasteiger partial charge in [-0.3, -0.25) is 0 Å². The van der Waals surface area contributed by atoms with E-state index in [1.807, 2.05) is 42.5 Å². The van der Waals surface area contributed by atoms with E-state index >= 15 is 0 Å². The van der Waals surface area contributed by atoms with Crippen molar-refractivity contribution in [2.24, 2.45) is 0 Å². The van der Waals surface area contributed by atoms with Crippen molar-refractivity contribution in [3.8, 4) is 5.75 Å². The number of hydrogen-bond donors (Lipinski definition) is 2. The van der Waals surface area contributed by atoms with Crippen molar-refractivity contribution in [3.05, 3.63) is 53.1 Å². The van der Waals surface area contributed by atoms with Gasteiger partial charge in [-0.2, -0.15) is 0 Å². The summed E-state index contributed by atoms with van der Waals surface area (Å²) in [4.78, 5) is 7.73. The summed E-state index contributed by atoms with van der Waals surface area (Å²) < 4.78 is 5.20. The smallest absolute Gasteiger partial charge is 0.201 e. The summed E-state index contributed by atoms with van der Waals surface area (Å²) in [5.74, 6) is 1.59. The minimum absolute atomic E-state index is 0.762.